The van der Waals surface area contributed by atoms with E-state index in [2.05, 4.69) is 4.98 Å². The number of nitrogens with two attached hydrogens (primary N) is 1. The van der Waals surface area contributed by atoms with Gasteiger partial charge in [-0.25, -0.2) is 0 Å². The van der Waals surface area contributed by atoms with Gasteiger partial charge in [-0.3, -0.25) is 4.98 Å². The maximum absolute atomic E-state index is 9.52. The summed E-state index contributed by atoms with van der Waals surface area (Å²) in [6.45, 7) is 0. The number of nitrogen functional groups attached to an aromatic ring is 1. The number of fused-ring (bicyclic) bond motifs is 1. The van der Waals surface area contributed by atoms with E-state index in [0.29, 0.717) is 22.2 Å². The first-order valence-electron chi connectivity index (χ1n) is 3.99. The van der Waals surface area contributed by atoms with Crippen molar-refractivity contribution < 1.29 is 5.11 Å². The highest BCUT2D eigenvalue weighted by Gasteiger charge is 2.06. The van der Waals surface area contributed by atoms with Crippen molar-refractivity contribution in [1.82, 2.24) is 4.98 Å². The van der Waals surface area contributed by atoms with Gasteiger partial charge >= 0.3 is 0 Å². The topological polar surface area (TPSA) is 82.9 Å². The lowest BCUT2D eigenvalue weighted by Gasteiger charge is -2.02. The van der Waals surface area contributed by atoms with Crippen LogP contribution in [0.25, 0.3) is 10.9 Å². The van der Waals surface area contributed by atoms with E-state index in [1.807, 2.05) is 6.07 Å². The van der Waals surface area contributed by atoms with Crippen LogP contribution in [-0.4, -0.2) is 10.1 Å². The molecule has 1 heterocycles. The third-order valence-corrected chi connectivity index (χ3v) is 1.97. The summed E-state index contributed by atoms with van der Waals surface area (Å²) >= 11 is 0. The number of aromatic hydroxyl groups is 1. The SMILES string of the molecule is N#Cc1ccnc2c(O)cc(N)cc12. The molecule has 0 spiro atoms. The number of benzene rings is 1. The first-order valence-corrected chi connectivity index (χ1v) is 3.99. The highest BCUT2D eigenvalue weighted by molar-refractivity contribution is 5.91. The Kier molecular flexibility index (Phi) is 1.72. The van der Waals surface area contributed by atoms with E-state index in [9.17, 15) is 5.11 Å². The quantitative estimate of drug-likeness (QED) is 0.607. The van der Waals surface area contributed by atoms with Gasteiger partial charge in [0.2, 0.25) is 0 Å². The summed E-state index contributed by atoms with van der Waals surface area (Å²) in [5.41, 5.74) is 6.82. The lowest BCUT2D eigenvalue weighted by molar-refractivity contribution is 0.480. The minimum atomic E-state index is -0.00269. The summed E-state index contributed by atoms with van der Waals surface area (Å²) < 4.78 is 0. The van der Waals surface area contributed by atoms with E-state index in [0.717, 1.165) is 0 Å². The fourth-order valence-corrected chi connectivity index (χ4v) is 1.36. The number of phenolic OH excluding ortho intramolecular Hbond substituents is 1. The molecule has 4 nitrogen and oxygen atoms in total. The van der Waals surface area contributed by atoms with E-state index in [1.54, 1.807) is 12.1 Å². The number of aromatic nitrogens is 1. The van der Waals surface area contributed by atoms with Crippen LogP contribution in [0.15, 0.2) is 24.4 Å². The number of anilines is 1. The second-order valence-corrected chi connectivity index (χ2v) is 2.91. The lowest BCUT2D eigenvalue weighted by atomic mass is 10.1. The van der Waals surface area contributed by atoms with Gasteiger partial charge < -0.3 is 10.8 Å². The number of nitriles is 1. The molecule has 2 aromatic rings. The second kappa shape index (κ2) is 2.89. The van der Waals surface area contributed by atoms with Gasteiger partial charge in [0, 0.05) is 23.3 Å². The van der Waals surface area contributed by atoms with Gasteiger partial charge in [-0.2, -0.15) is 5.26 Å². The summed E-state index contributed by atoms with van der Waals surface area (Å²) in [5, 5.41) is 18.9. The van der Waals surface area contributed by atoms with Crippen molar-refractivity contribution in [3.8, 4) is 11.8 Å². The zero-order valence-electron chi connectivity index (χ0n) is 7.23. The first-order chi connectivity index (χ1) is 6.72. The molecule has 0 bridgehead atoms. The molecule has 3 N–H and O–H groups in total. The van der Waals surface area contributed by atoms with Gasteiger partial charge in [-0.15, -0.1) is 0 Å². The first kappa shape index (κ1) is 8.32. The number of hydrogen-bond acceptors (Lipinski definition) is 4. The van der Waals surface area contributed by atoms with Crippen molar-refractivity contribution in [1.29, 1.82) is 5.26 Å². The van der Waals surface area contributed by atoms with E-state index < -0.39 is 0 Å². The Hall–Kier alpha value is -2.28. The largest absolute Gasteiger partial charge is 0.506 e. The molecular weight excluding hydrogens is 178 g/mol. The average Bonchev–Trinajstić information content (AvgIpc) is 2.17. The molecule has 1 aromatic heterocycles. The fourth-order valence-electron chi connectivity index (χ4n) is 1.36. The Balaban J connectivity index is 2.95. The molecule has 4 heteroatoms. The predicted molar refractivity (Wildman–Crippen MR) is 52.5 cm³/mol. The van der Waals surface area contributed by atoms with Crippen LogP contribution in [-0.2, 0) is 0 Å². The van der Waals surface area contributed by atoms with Crippen LogP contribution < -0.4 is 5.73 Å². The molecule has 0 saturated heterocycles. The monoisotopic (exact) mass is 185 g/mol. The van der Waals surface area contributed by atoms with E-state index in [-0.39, 0.29) is 5.75 Å². The zero-order valence-corrected chi connectivity index (χ0v) is 7.23. The Morgan fingerprint density at radius 3 is 2.93 bits per heavy atom. The van der Waals surface area contributed by atoms with E-state index >= 15 is 0 Å². The number of hydrogen-bond donors (Lipinski definition) is 2. The molecule has 0 radical (unpaired) electrons. The summed E-state index contributed by atoms with van der Waals surface area (Å²) in [7, 11) is 0. The molecular formula is C10H7N3O. The Labute approximate surface area is 80.2 Å². The molecule has 0 amide bonds. The molecule has 68 valence electrons. The zero-order chi connectivity index (χ0) is 10.1. The van der Waals surface area contributed by atoms with Crippen molar-refractivity contribution >= 4 is 16.6 Å². The van der Waals surface area contributed by atoms with Gasteiger partial charge in [-0.1, -0.05) is 0 Å². The summed E-state index contributed by atoms with van der Waals surface area (Å²) in [6.07, 6.45) is 1.48. The fraction of sp³-hybridized carbons (Fsp3) is 0. The standard InChI is InChI=1S/C10H7N3O/c11-5-6-1-2-13-10-8(6)3-7(12)4-9(10)14/h1-4,14H,12H2. The van der Waals surface area contributed by atoms with Gasteiger partial charge in [0.25, 0.3) is 0 Å². The average molecular weight is 185 g/mol. The second-order valence-electron chi connectivity index (χ2n) is 2.91. The third-order valence-electron chi connectivity index (χ3n) is 1.97. The summed E-state index contributed by atoms with van der Waals surface area (Å²) in [5.74, 6) is -0.00269. The number of nitrogens with zero attached hydrogens (tertiary/aromatic N) is 2. The summed E-state index contributed by atoms with van der Waals surface area (Å²) in [4.78, 5) is 3.97. The van der Waals surface area contributed by atoms with Crippen LogP contribution in [0.4, 0.5) is 5.69 Å². The molecule has 0 aliphatic rings. The normalized spacial score (nSPS) is 9.93. The van der Waals surface area contributed by atoms with Crippen molar-refractivity contribution in [2.45, 2.75) is 0 Å². The van der Waals surface area contributed by atoms with E-state index in [4.69, 9.17) is 11.0 Å². The maximum Gasteiger partial charge on any atom is 0.143 e. The molecule has 0 saturated carbocycles. The molecule has 2 rings (SSSR count). The molecule has 0 atom stereocenters. The van der Waals surface area contributed by atoms with Crippen LogP contribution in [0.3, 0.4) is 0 Å². The molecule has 14 heavy (non-hydrogen) atoms. The van der Waals surface area contributed by atoms with Crippen LogP contribution >= 0.6 is 0 Å². The van der Waals surface area contributed by atoms with Gasteiger partial charge in [0.15, 0.2) is 0 Å². The van der Waals surface area contributed by atoms with Gasteiger partial charge in [0.05, 0.1) is 11.6 Å². The molecule has 0 aliphatic carbocycles. The van der Waals surface area contributed by atoms with Crippen LogP contribution in [0.2, 0.25) is 0 Å². The lowest BCUT2D eigenvalue weighted by Crippen LogP contribution is -1.89. The van der Waals surface area contributed by atoms with Gasteiger partial charge in [0.1, 0.15) is 11.3 Å². The Morgan fingerprint density at radius 2 is 2.21 bits per heavy atom. The van der Waals surface area contributed by atoms with Crippen LogP contribution in [0, 0.1) is 11.3 Å². The highest BCUT2D eigenvalue weighted by Crippen LogP contribution is 2.27. The maximum atomic E-state index is 9.52. The van der Waals surface area contributed by atoms with Crippen molar-refractivity contribution in [2.75, 3.05) is 5.73 Å². The van der Waals surface area contributed by atoms with E-state index in [1.165, 1.54) is 12.3 Å². The Bertz CT molecular complexity index is 543. The minimum absolute atomic E-state index is 0.00269. The van der Waals surface area contributed by atoms with Crippen molar-refractivity contribution in [3.05, 3.63) is 30.0 Å². The van der Waals surface area contributed by atoms with Crippen molar-refractivity contribution in [2.24, 2.45) is 0 Å². The number of pyridine rings is 1. The summed E-state index contributed by atoms with van der Waals surface area (Å²) in [6, 6.07) is 6.64. The molecule has 0 aliphatic heterocycles. The van der Waals surface area contributed by atoms with Crippen LogP contribution in [0.5, 0.6) is 5.75 Å². The third kappa shape index (κ3) is 1.12. The highest BCUT2D eigenvalue weighted by atomic mass is 16.3. The molecule has 1 aromatic carbocycles. The van der Waals surface area contributed by atoms with Crippen molar-refractivity contribution in [3.63, 3.8) is 0 Å². The number of phenols is 1. The smallest absolute Gasteiger partial charge is 0.143 e. The molecule has 0 unspecified atom stereocenters. The van der Waals surface area contributed by atoms with Crippen LogP contribution in [0.1, 0.15) is 5.56 Å². The minimum Gasteiger partial charge on any atom is -0.506 e. The van der Waals surface area contributed by atoms with Gasteiger partial charge in [-0.05, 0) is 12.1 Å². The Morgan fingerprint density at radius 1 is 1.43 bits per heavy atom. The molecule has 0 fully saturated rings. The predicted octanol–water partition coefficient (Wildman–Crippen LogP) is 1.39. The number of rotatable bonds is 0.